The van der Waals surface area contributed by atoms with Gasteiger partial charge in [0.1, 0.15) is 11.3 Å². The van der Waals surface area contributed by atoms with Crippen LogP contribution in [0.4, 0.5) is 0 Å². The van der Waals surface area contributed by atoms with Gasteiger partial charge in [-0.2, -0.15) is 0 Å². The summed E-state index contributed by atoms with van der Waals surface area (Å²) in [6.45, 7) is 0.233. The summed E-state index contributed by atoms with van der Waals surface area (Å²) >= 11 is 5.92. The van der Waals surface area contributed by atoms with Crippen LogP contribution in [0.1, 0.15) is 14.3 Å². The van der Waals surface area contributed by atoms with Crippen molar-refractivity contribution in [3.05, 3.63) is 55.3 Å². The number of nitro groups is 1. The van der Waals surface area contributed by atoms with Crippen molar-refractivity contribution < 1.29 is 55.3 Å². The van der Waals surface area contributed by atoms with E-state index in [2.05, 4.69) is 0 Å². The van der Waals surface area contributed by atoms with E-state index < -0.39 is 28.3 Å². The van der Waals surface area contributed by atoms with Gasteiger partial charge in [-0.15, -0.1) is 0 Å². The molecule has 25 heavy (non-hydrogen) atoms. The van der Waals surface area contributed by atoms with Crippen molar-refractivity contribution in [3.8, 4) is 0 Å². The number of nitrogens with zero attached hydrogens (tertiary/aromatic N) is 2. The predicted octanol–water partition coefficient (Wildman–Crippen LogP) is -1.56. The first kappa shape index (κ1) is 18.2. The first-order valence-corrected chi connectivity index (χ1v) is 7.63. The molecule has 1 N–H and O–H groups in total. The maximum atomic E-state index is 12.3. The number of fused-ring (bicyclic) bond motifs is 1. The van der Waals surface area contributed by atoms with Crippen molar-refractivity contribution in [2.45, 2.75) is 18.9 Å². The molecule has 1 atom stereocenters. The van der Waals surface area contributed by atoms with Crippen LogP contribution < -0.4 is 29.6 Å². The minimum absolute atomic E-state index is 0. The topological polar surface area (TPSA) is 110 Å². The van der Waals surface area contributed by atoms with E-state index >= 15 is 0 Å². The maximum Gasteiger partial charge on any atom is 1.00 e. The molecule has 4 aliphatic rings. The van der Waals surface area contributed by atoms with Gasteiger partial charge in [-0.05, 0) is 29.7 Å². The summed E-state index contributed by atoms with van der Waals surface area (Å²) in [6.07, 6.45) is 1.98. The number of Topliss-reactive ketones (excluding diaryl/α,β-unsaturated/α-hetero) is 2. The second-order valence-electron chi connectivity index (χ2n) is 5.95. The van der Waals surface area contributed by atoms with Crippen molar-refractivity contribution in [1.82, 2.24) is 4.90 Å². The van der Waals surface area contributed by atoms with Gasteiger partial charge in [0.25, 0.3) is 0 Å². The van der Waals surface area contributed by atoms with E-state index in [1.54, 1.807) is 11.0 Å². The Balaban J connectivity index is 0.00000121. The Hall–Kier alpha value is -1.61. The molecule has 0 fully saturated rings. The van der Waals surface area contributed by atoms with Crippen LogP contribution in [0.25, 0.3) is 0 Å². The monoisotopic (exact) mass is 374 g/mol. The molecule has 3 heterocycles. The van der Waals surface area contributed by atoms with Gasteiger partial charge in [-0.1, -0.05) is 0 Å². The van der Waals surface area contributed by atoms with Crippen molar-refractivity contribution in [2.24, 2.45) is 0 Å². The minimum atomic E-state index is -1.74. The molecular weight excluding hydrogens is 363 g/mol. The zero-order chi connectivity index (χ0) is 17.2. The number of ether oxygens (including phenoxy) is 1. The smallest absolute Gasteiger partial charge is 1.00 e. The number of hydrogen-bond acceptors (Lipinski definition) is 7. The number of carbonyl (C=O) groups excluding carboxylic acids is 2. The molecule has 1 unspecified atom stereocenters. The van der Waals surface area contributed by atoms with Gasteiger partial charge in [-0.25, -0.2) is 0 Å². The van der Waals surface area contributed by atoms with E-state index in [-0.39, 0.29) is 54.7 Å². The molecule has 1 aliphatic carbocycles. The molecule has 0 aromatic rings. The number of aliphatic hydroxyl groups excluding tert-OH is 1. The van der Waals surface area contributed by atoms with E-state index in [9.17, 15) is 24.8 Å². The fourth-order valence-corrected chi connectivity index (χ4v) is 3.74. The van der Waals surface area contributed by atoms with E-state index in [1.807, 2.05) is 0 Å². The molecule has 0 aromatic carbocycles. The molecule has 0 spiro atoms. The van der Waals surface area contributed by atoms with Crippen LogP contribution in [0.15, 0.2) is 45.2 Å². The van der Waals surface area contributed by atoms with Crippen LogP contribution in [-0.2, 0) is 14.3 Å². The molecular formula is C15H12ClN2NaO6. The van der Waals surface area contributed by atoms with Crippen LogP contribution in [0, 0.1) is 10.1 Å². The summed E-state index contributed by atoms with van der Waals surface area (Å²) in [5.74, 6) is -1.62. The van der Waals surface area contributed by atoms with E-state index in [1.165, 1.54) is 0 Å². The zero-order valence-electron chi connectivity index (χ0n) is 14.2. The third-order valence-corrected chi connectivity index (χ3v) is 4.77. The number of halogens is 1. The van der Waals surface area contributed by atoms with Gasteiger partial charge >= 0.3 is 35.6 Å². The SMILES string of the molecule is O=C1CN2CC3=C(OC(Cl)=CC3)C3=C2C(=C1O)C([N+](=O)[O-])C(=O)C3.[H-].[Na+]. The van der Waals surface area contributed by atoms with Gasteiger partial charge in [0.15, 0.2) is 11.0 Å². The second-order valence-corrected chi connectivity index (χ2v) is 6.32. The van der Waals surface area contributed by atoms with Crippen molar-refractivity contribution in [1.29, 1.82) is 0 Å². The third kappa shape index (κ3) is 2.64. The molecule has 10 heteroatoms. The minimum Gasteiger partial charge on any atom is -1.00 e. The summed E-state index contributed by atoms with van der Waals surface area (Å²) in [5, 5.41) is 21.6. The Kier molecular flexibility index (Phi) is 4.57. The number of ketones is 2. The average molecular weight is 375 g/mol. The number of aliphatic hydroxyl groups is 1. The number of hydrogen-bond donors (Lipinski definition) is 1. The molecule has 0 radical (unpaired) electrons. The Morgan fingerprint density at radius 3 is 2.80 bits per heavy atom. The normalized spacial score (nSPS) is 25.1. The fourth-order valence-electron chi connectivity index (χ4n) is 3.58. The van der Waals surface area contributed by atoms with E-state index in [0.29, 0.717) is 30.0 Å². The fraction of sp³-hybridized carbons (Fsp3) is 0.333. The quantitative estimate of drug-likeness (QED) is 0.336. The van der Waals surface area contributed by atoms with Gasteiger partial charge < -0.3 is 16.2 Å². The molecule has 0 bridgehead atoms. The first-order chi connectivity index (χ1) is 11.4. The molecule has 0 saturated heterocycles. The zero-order valence-corrected chi connectivity index (χ0v) is 16.0. The standard InChI is InChI=1S/C15H11ClN2O6.Na.H/c16-10-2-1-6-4-17-5-9(20)14(21)11-12(17)7(15(6)24-10)3-8(19)13(11)18(22)23;;/h2,13,21H,1,3-5H2;;/q;+1;-1. The van der Waals surface area contributed by atoms with Crippen molar-refractivity contribution in [2.75, 3.05) is 13.1 Å². The van der Waals surface area contributed by atoms with Crippen LogP contribution in [0.5, 0.6) is 0 Å². The molecule has 126 valence electrons. The second kappa shape index (κ2) is 6.28. The molecule has 3 aliphatic heterocycles. The van der Waals surface area contributed by atoms with Gasteiger partial charge in [0.05, 0.1) is 12.2 Å². The van der Waals surface area contributed by atoms with Crippen LogP contribution in [-0.4, -0.2) is 45.6 Å². The number of carbonyl (C=O) groups is 2. The van der Waals surface area contributed by atoms with Crippen LogP contribution in [0.2, 0.25) is 0 Å². The summed E-state index contributed by atoms with van der Waals surface area (Å²) < 4.78 is 5.54. The molecule has 0 saturated carbocycles. The third-order valence-electron chi connectivity index (χ3n) is 4.54. The van der Waals surface area contributed by atoms with Gasteiger partial charge in [-0.3, -0.25) is 19.7 Å². The van der Waals surface area contributed by atoms with Crippen LogP contribution >= 0.6 is 11.6 Å². The van der Waals surface area contributed by atoms with Gasteiger partial charge in [0.2, 0.25) is 11.6 Å². The van der Waals surface area contributed by atoms with Crippen molar-refractivity contribution in [3.63, 3.8) is 0 Å². The Labute approximate surface area is 170 Å². The predicted molar refractivity (Wildman–Crippen MR) is 81.4 cm³/mol. The number of rotatable bonds is 1. The summed E-state index contributed by atoms with van der Waals surface area (Å²) in [4.78, 5) is 36.6. The molecule has 4 rings (SSSR count). The van der Waals surface area contributed by atoms with Gasteiger partial charge in [0, 0.05) is 23.5 Å². The maximum absolute atomic E-state index is 12.3. The van der Waals surface area contributed by atoms with E-state index in [0.717, 1.165) is 5.57 Å². The Morgan fingerprint density at radius 1 is 1.40 bits per heavy atom. The largest absolute Gasteiger partial charge is 1.00 e. The Morgan fingerprint density at radius 2 is 2.12 bits per heavy atom. The molecule has 8 nitrogen and oxygen atoms in total. The summed E-state index contributed by atoms with van der Waals surface area (Å²) in [5.41, 5.74) is 1.40. The van der Waals surface area contributed by atoms with E-state index in [4.69, 9.17) is 16.3 Å². The van der Waals surface area contributed by atoms with Crippen molar-refractivity contribution >= 4 is 23.2 Å². The van der Waals surface area contributed by atoms with Crippen LogP contribution in [0.3, 0.4) is 0 Å². The molecule has 0 amide bonds. The average Bonchev–Trinajstić information content (AvgIpc) is 2.52. The molecule has 0 aromatic heterocycles. The number of allylic oxidation sites excluding steroid dienone is 2. The first-order valence-electron chi connectivity index (χ1n) is 7.25. The summed E-state index contributed by atoms with van der Waals surface area (Å²) in [6, 6.07) is -1.74. The summed E-state index contributed by atoms with van der Waals surface area (Å²) in [7, 11) is 0. The Bertz CT molecular complexity index is 862.